The largest absolute Gasteiger partial charge is 0.256 e. The fraction of sp³-hybridized carbons (Fsp3) is 0.190. The van der Waals surface area contributed by atoms with Crippen molar-refractivity contribution in [2.45, 2.75) is 25.2 Å². The zero-order valence-corrected chi connectivity index (χ0v) is 14.6. The molecule has 0 spiro atoms. The molecule has 3 heterocycles. The van der Waals surface area contributed by atoms with Crippen LogP contribution >= 0.6 is 0 Å². The molecule has 0 unspecified atom stereocenters. The lowest BCUT2D eigenvalue weighted by molar-refractivity contribution is 0.729. The molecule has 0 atom stereocenters. The summed E-state index contributed by atoms with van der Waals surface area (Å²) < 4.78 is 0. The second-order valence-corrected chi connectivity index (χ2v) is 7.03. The summed E-state index contributed by atoms with van der Waals surface area (Å²) in [5, 5.41) is 16.3. The zero-order chi connectivity index (χ0) is 17.8. The van der Waals surface area contributed by atoms with Crippen molar-refractivity contribution >= 4 is 0 Å². The molecule has 0 aliphatic carbocycles. The van der Waals surface area contributed by atoms with Crippen molar-refractivity contribution in [1.82, 2.24) is 4.98 Å². The molecule has 0 saturated carbocycles. The van der Waals surface area contributed by atoms with Gasteiger partial charge in [0.1, 0.15) is 0 Å². The van der Waals surface area contributed by atoms with Crippen LogP contribution in [0.15, 0.2) is 87.3 Å². The topological polar surface area (TPSA) is 62.3 Å². The Labute approximate surface area is 151 Å². The molecule has 126 valence electrons. The van der Waals surface area contributed by atoms with Crippen LogP contribution in [0.5, 0.6) is 0 Å². The molecule has 0 bridgehead atoms. The Morgan fingerprint density at radius 1 is 0.538 bits per heavy atom. The van der Waals surface area contributed by atoms with Crippen molar-refractivity contribution in [2.24, 2.45) is 20.5 Å². The number of aromatic nitrogens is 1. The highest BCUT2D eigenvalue weighted by atomic mass is 15.4. The van der Waals surface area contributed by atoms with E-state index in [2.05, 4.69) is 86.1 Å². The summed E-state index contributed by atoms with van der Waals surface area (Å²) in [7, 11) is 0. The van der Waals surface area contributed by atoms with E-state index < -0.39 is 0 Å². The molecule has 5 rings (SSSR count). The molecule has 0 fully saturated rings. The normalized spacial score (nSPS) is 17.9. The van der Waals surface area contributed by atoms with E-state index in [4.69, 9.17) is 0 Å². The molecule has 5 nitrogen and oxygen atoms in total. The van der Waals surface area contributed by atoms with Crippen molar-refractivity contribution in [2.75, 3.05) is 0 Å². The van der Waals surface area contributed by atoms with Crippen LogP contribution in [0, 0.1) is 0 Å². The van der Waals surface area contributed by atoms with Gasteiger partial charge in [-0.2, -0.15) is 20.5 Å². The van der Waals surface area contributed by atoms with Gasteiger partial charge in [0.2, 0.25) is 11.3 Å². The van der Waals surface area contributed by atoms with E-state index in [-0.39, 0.29) is 11.3 Å². The Bertz CT molecular complexity index is 933. The van der Waals surface area contributed by atoms with Crippen molar-refractivity contribution in [1.29, 1.82) is 0 Å². The number of nitrogens with zero attached hydrogens (tertiary/aromatic N) is 5. The molecular formula is C21H17N5. The SMILES string of the molecule is CC1(c2ccc(-c3ccc(-c4ccc(C5(C)N=N5)cc4)nc3)cc2)N=N1. The minimum Gasteiger partial charge on any atom is -0.256 e. The average molecular weight is 339 g/mol. The third-order valence-electron chi connectivity index (χ3n) is 5.06. The van der Waals surface area contributed by atoms with Gasteiger partial charge in [-0.15, -0.1) is 0 Å². The van der Waals surface area contributed by atoms with Gasteiger partial charge in [0.25, 0.3) is 0 Å². The molecule has 0 amide bonds. The van der Waals surface area contributed by atoms with Crippen LogP contribution in [-0.2, 0) is 11.3 Å². The fourth-order valence-electron chi connectivity index (χ4n) is 3.05. The second kappa shape index (κ2) is 5.14. The van der Waals surface area contributed by atoms with Gasteiger partial charge in [-0.05, 0) is 25.5 Å². The Morgan fingerprint density at radius 3 is 1.42 bits per heavy atom. The van der Waals surface area contributed by atoms with Crippen LogP contribution in [0.2, 0.25) is 0 Å². The average Bonchev–Trinajstić information content (AvgIpc) is 3.62. The number of rotatable bonds is 4. The van der Waals surface area contributed by atoms with Crippen molar-refractivity contribution < 1.29 is 0 Å². The van der Waals surface area contributed by atoms with Gasteiger partial charge in [-0.25, -0.2) is 0 Å². The first kappa shape index (κ1) is 15.1. The standard InChI is InChI=1S/C21H17N5/c1-20(23-24-20)17-8-3-14(4-9-17)16-7-12-19(22-13-16)15-5-10-18(11-6-15)21(2)25-26-21/h3-13H,1-2H3. The summed E-state index contributed by atoms with van der Waals surface area (Å²) >= 11 is 0. The van der Waals surface area contributed by atoms with Crippen LogP contribution in [0.1, 0.15) is 25.0 Å². The van der Waals surface area contributed by atoms with Crippen molar-refractivity contribution in [3.8, 4) is 22.4 Å². The van der Waals surface area contributed by atoms with E-state index in [0.29, 0.717) is 0 Å². The van der Waals surface area contributed by atoms with E-state index >= 15 is 0 Å². The monoisotopic (exact) mass is 339 g/mol. The fourth-order valence-corrected chi connectivity index (χ4v) is 3.05. The summed E-state index contributed by atoms with van der Waals surface area (Å²) in [6, 6.07) is 20.8. The maximum atomic E-state index is 4.63. The number of hydrogen-bond acceptors (Lipinski definition) is 5. The molecule has 0 saturated heterocycles. The molecule has 2 aliphatic rings. The highest BCUT2D eigenvalue weighted by Gasteiger charge is 2.36. The van der Waals surface area contributed by atoms with E-state index in [1.807, 2.05) is 20.0 Å². The van der Waals surface area contributed by atoms with E-state index in [1.54, 1.807) is 0 Å². The first-order valence-corrected chi connectivity index (χ1v) is 8.62. The van der Waals surface area contributed by atoms with E-state index in [0.717, 1.165) is 33.5 Å². The zero-order valence-electron chi connectivity index (χ0n) is 14.6. The van der Waals surface area contributed by atoms with Crippen LogP contribution in [0.3, 0.4) is 0 Å². The summed E-state index contributed by atoms with van der Waals surface area (Å²) in [6.07, 6.45) is 1.92. The molecule has 0 radical (unpaired) electrons. The van der Waals surface area contributed by atoms with Gasteiger partial charge in [0.15, 0.2) is 0 Å². The van der Waals surface area contributed by atoms with Gasteiger partial charge >= 0.3 is 0 Å². The molecular weight excluding hydrogens is 322 g/mol. The molecule has 2 aromatic carbocycles. The quantitative estimate of drug-likeness (QED) is 0.602. The van der Waals surface area contributed by atoms with Crippen LogP contribution < -0.4 is 0 Å². The van der Waals surface area contributed by atoms with Gasteiger partial charge < -0.3 is 0 Å². The molecule has 1 aromatic heterocycles. The lowest BCUT2D eigenvalue weighted by Gasteiger charge is -2.08. The van der Waals surface area contributed by atoms with Gasteiger partial charge in [-0.3, -0.25) is 4.98 Å². The van der Waals surface area contributed by atoms with Crippen LogP contribution in [0.25, 0.3) is 22.4 Å². The Balaban J connectivity index is 1.37. The summed E-state index contributed by atoms with van der Waals surface area (Å²) in [4.78, 5) is 4.63. The van der Waals surface area contributed by atoms with E-state index in [1.165, 1.54) is 0 Å². The highest BCUT2D eigenvalue weighted by molar-refractivity contribution is 5.67. The highest BCUT2D eigenvalue weighted by Crippen LogP contribution is 2.40. The molecule has 26 heavy (non-hydrogen) atoms. The minimum atomic E-state index is -0.333. The molecule has 5 heteroatoms. The van der Waals surface area contributed by atoms with Gasteiger partial charge in [0.05, 0.1) is 5.69 Å². The van der Waals surface area contributed by atoms with Crippen molar-refractivity contribution in [3.05, 3.63) is 78.0 Å². The predicted octanol–water partition coefficient (Wildman–Crippen LogP) is 5.69. The summed E-state index contributed by atoms with van der Waals surface area (Å²) in [5.74, 6) is 0. The first-order chi connectivity index (χ1) is 12.6. The van der Waals surface area contributed by atoms with Gasteiger partial charge in [0, 0.05) is 28.5 Å². The van der Waals surface area contributed by atoms with Gasteiger partial charge in [-0.1, -0.05) is 54.6 Å². The second-order valence-electron chi connectivity index (χ2n) is 7.03. The number of hydrogen-bond donors (Lipinski definition) is 0. The lowest BCUT2D eigenvalue weighted by atomic mass is 9.99. The maximum Gasteiger partial charge on any atom is 0.213 e. The number of benzene rings is 2. The molecule has 0 N–H and O–H groups in total. The Kier molecular flexibility index (Phi) is 2.98. The van der Waals surface area contributed by atoms with Crippen LogP contribution in [0.4, 0.5) is 0 Å². The third-order valence-corrected chi connectivity index (χ3v) is 5.06. The third kappa shape index (κ3) is 2.52. The van der Waals surface area contributed by atoms with Crippen molar-refractivity contribution in [3.63, 3.8) is 0 Å². The number of pyridine rings is 1. The molecule has 2 aliphatic heterocycles. The summed E-state index contributed by atoms with van der Waals surface area (Å²) in [6.45, 7) is 4.02. The Morgan fingerprint density at radius 2 is 1.00 bits per heavy atom. The lowest BCUT2D eigenvalue weighted by Crippen LogP contribution is -2.01. The first-order valence-electron chi connectivity index (χ1n) is 8.62. The van der Waals surface area contributed by atoms with E-state index in [9.17, 15) is 0 Å². The summed E-state index contributed by atoms with van der Waals surface area (Å²) in [5.41, 5.74) is 5.84. The molecule has 3 aromatic rings. The predicted molar refractivity (Wildman–Crippen MR) is 99.5 cm³/mol. The van der Waals surface area contributed by atoms with Crippen LogP contribution in [-0.4, -0.2) is 4.98 Å². The maximum absolute atomic E-state index is 4.63. The smallest absolute Gasteiger partial charge is 0.213 e. The Hall–Kier alpha value is -3.21. The minimum absolute atomic E-state index is 0.328.